The quantitative estimate of drug-likeness (QED) is 0.704. The Balaban J connectivity index is 2.35. The average molecular weight is 173 g/mol. The second kappa shape index (κ2) is 3.35. The van der Waals surface area contributed by atoms with Gasteiger partial charge in [0.25, 0.3) is 0 Å². The summed E-state index contributed by atoms with van der Waals surface area (Å²) in [7, 11) is 0. The van der Waals surface area contributed by atoms with Crippen LogP contribution in [-0.2, 0) is 4.74 Å². The summed E-state index contributed by atoms with van der Waals surface area (Å²) in [5, 5.41) is 2.99. The summed E-state index contributed by atoms with van der Waals surface area (Å²) in [5.41, 5.74) is 2.34. The van der Waals surface area contributed by atoms with E-state index in [0.717, 1.165) is 11.3 Å². The Labute approximate surface area is 77.5 Å². The second-order valence-electron chi connectivity index (χ2n) is 2.91. The van der Waals surface area contributed by atoms with Crippen molar-refractivity contribution >= 4 is 5.76 Å². The van der Waals surface area contributed by atoms with Gasteiger partial charge in [-0.05, 0) is 12.5 Å². The summed E-state index contributed by atoms with van der Waals surface area (Å²) in [5.74, 6) is 0.862. The van der Waals surface area contributed by atoms with Crippen molar-refractivity contribution in [3.8, 4) is 0 Å². The lowest BCUT2D eigenvalue weighted by atomic mass is 10.1. The molecule has 0 saturated carbocycles. The Morgan fingerprint density at radius 1 is 1.23 bits per heavy atom. The molecule has 0 spiro atoms. The Kier molecular flexibility index (Phi) is 2.04. The van der Waals surface area contributed by atoms with Gasteiger partial charge in [0.1, 0.15) is 12.0 Å². The average Bonchev–Trinajstić information content (AvgIpc) is 2.20. The van der Waals surface area contributed by atoms with Crippen LogP contribution in [0, 0.1) is 6.92 Å². The van der Waals surface area contributed by atoms with E-state index in [1.807, 2.05) is 24.4 Å². The van der Waals surface area contributed by atoms with Gasteiger partial charge in [0.05, 0.1) is 0 Å². The van der Waals surface area contributed by atoms with E-state index in [4.69, 9.17) is 4.74 Å². The van der Waals surface area contributed by atoms with Gasteiger partial charge in [-0.15, -0.1) is 0 Å². The van der Waals surface area contributed by atoms with Crippen molar-refractivity contribution in [3.63, 3.8) is 0 Å². The fourth-order valence-electron chi connectivity index (χ4n) is 1.30. The van der Waals surface area contributed by atoms with Gasteiger partial charge < -0.3 is 10.1 Å². The first-order chi connectivity index (χ1) is 6.38. The minimum atomic E-state index is 0.862. The fraction of sp³-hybridized carbons (Fsp3) is 0.0909. The topological polar surface area (TPSA) is 21.3 Å². The highest BCUT2D eigenvalue weighted by Crippen LogP contribution is 2.20. The summed E-state index contributed by atoms with van der Waals surface area (Å²) in [6, 6.07) is 8.14. The first kappa shape index (κ1) is 7.92. The number of aryl methyl sites for hydroxylation is 1. The minimum Gasteiger partial charge on any atom is -0.461 e. The highest BCUT2D eigenvalue weighted by atomic mass is 16.5. The molecule has 1 heterocycles. The van der Waals surface area contributed by atoms with Gasteiger partial charge in [0, 0.05) is 18.0 Å². The number of nitrogens with one attached hydrogen (secondary N) is 1. The molecular weight excluding hydrogens is 162 g/mol. The van der Waals surface area contributed by atoms with Crippen LogP contribution in [0.15, 0.2) is 42.9 Å². The summed E-state index contributed by atoms with van der Waals surface area (Å²) in [4.78, 5) is 0. The third-order valence-electron chi connectivity index (χ3n) is 1.98. The first-order valence-electron chi connectivity index (χ1n) is 4.22. The molecule has 0 atom stereocenters. The molecule has 1 N–H and O–H groups in total. The number of ether oxygens (including phenoxy) is 1. The van der Waals surface area contributed by atoms with Crippen LogP contribution in [0.25, 0.3) is 5.76 Å². The van der Waals surface area contributed by atoms with Crippen LogP contribution in [-0.4, -0.2) is 0 Å². The molecule has 0 fully saturated rings. The standard InChI is InChI=1S/C11H11NO/c1-9-4-2-3-5-10(9)11-8-12-6-7-13-11/h2-8,12H,1H3. The zero-order chi connectivity index (χ0) is 9.10. The maximum Gasteiger partial charge on any atom is 0.150 e. The predicted octanol–water partition coefficient (Wildman–Crippen LogP) is 2.38. The van der Waals surface area contributed by atoms with Crippen molar-refractivity contribution in [1.82, 2.24) is 5.32 Å². The van der Waals surface area contributed by atoms with Crippen LogP contribution in [0.5, 0.6) is 0 Å². The van der Waals surface area contributed by atoms with Crippen molar-refractivity contribution < 1.29 is 4.74 Å². The molecule has 1 aromatic carbocycles. The molecule has 0 amide bonds. The van der Waals surface area contributed by atoms with Gasteiger partial charge in [0.15, 0.2) is 0 Å². The van der Waals surface area contributed by atoms with Crippen molar-refractivity contribution in [2.45, 2.75) is 6.92 Å². The summed E-state index contributed by atoms with van der Waals surface area (Å²) in [6.07, 6.45) is 5.24. The molecule has 66 valence electrons. The highest BCUT2D eigenvalue weighted by molar-refractivity contribution is 5.63. The van der Waals surface area contributed by atoms with E-state index in [2.05, 4.69) is 18.3 Å². The molecule has 1 aliphatic heterocycles. The normalized spacial score (nSPS) is 14.4. The van der Waals surface area contributed by atoms with E-state index in [1.165, 1.54) is 5.56 Å². The van der Waals surface area contributed by atoms with Crippen LogP contribution in [0.2, 0.25) is 0 Å². The third-order valence-corrected chi connectivity index (χ3v) is 1.98. The molecular formula is C11H11NO. The van der Waals surface area contributed by atoms with Gasteiger partial charge in [-0.1, -0.05) is 24.3 Å². The zero-order valence-corrected chi connectivity index (χ0v) is 7.45. The summed E-state index contributed by atoms with van der Waals surface area (Å²) in [6.45, 7) is 2.07. The fourth-order valence-corrected chi connectivity index (χ4v) is 1.30. The van der Waals surface area contributed by atoms with Crippen LogP contribution >= 0.6 is 0 Å². The van der Waals surface area contributed by atoms with Gasteiger partial charge in [-0.25, -0.2) is 0 Å². The zero-order valence-electron chi connectivity index (χ0n) is 7.45. The summed E-state index contributed by atoms with van der Waals surface area (Å²) < 4.78 is 5.36. The highest BCUT2D eigenvalue weighted by Gasteiger charge is 2.05. The number of hydrogen-bond donors (Lipinski definition) is 1. The van der Waals surface area contributed by atoms with Gasteiger partial charge in [0.2, 0.25) is 0 Å². The van der Waals surface area contributed by atoms with E-state index in [9.17, 15) is 0 Å². The Morgan fingerprint density at radius 2 is 2.08 bits per heavy atom. The van der Waals surface area contributed by atoms with E-state index in [1.54, 1.807) is 12.5 Å². The Morgan fingerprint density at radius 3 is 2.77 bits per heavy atom. The molecule has 2 rings (SSSR count). The van der Waals surface area contributed by atoms with Crippen LogP contribution in [0.4, 0.5) is 0 Å². The van der Waals surface area contributed by atoms with Gasteiger partial charge >= 0.3 is 0 Å². The van der Waals surface area contributed by atoms with Gasteiger partial charge in [-0.3, -0.25) is 0 Å². The van der Waals surface area contributed by atoms with Crippen LogP contribution < -0.4 is 5.32 Å². The van der Waals surface area contributed by atoms with E-state index < -0.39 is 0 Å². The van der Waals surface area contributed by atoms with Crippen molar-refractivity contribution in [2.24, 2.45) is 0 Å². The lowest BCUT2D eigenvalue weighted by Gasteiger charge is -2.12. The number of rotatable bonds is 1. The molecule has 0 unspecified atom stereocenters. The molecule has 0 bridgehead atoms. The third kappa shape index (κ3) is 1.56. The number of hydrogen-bond acceptors (Lipinski definition) is 2. The summed E-state index contributed by atoms with van der Waals surface area (Å²) >= 11 is 0. The second-order valence-corrected chi connectivity index (χ2v) is 2.91. The Hall–Kier alpha value is -1.70. The monoisotopic (exact) mass is 173 g/mol. The molecule has 2 heteroatoms. The molecule has 0 aromatic heterocycles. The number of benzene rings is 1. The molecule has 2 nitrogen and oxygen atoms in total. The van der Waals surface area contributed by atoms with Crippen molar-refractivity contribution in [3.05, 3.63) is 54.1 Å². The first-order valence-corrected chi connectivity index (χ1v) is 4.22. The Bertz CT molecular complexity index is 366. The largest absolute Gasteiger partial charge is 0.461 e. The maximum atomic E-state index is 5.36. The lowest BCUT2D eigenvalue weighted by molar-refractivity contribution is 0.423. The van der Waals surface area contributed by atoms with Crippen LogP contribution in [0.3, 0.4) is 0 Å². The molecule has 0 aliphatic carbocycles. The van der Waals surface area contributed by atoms with Crippen molar-refractivity contribution in [1.29, 1.82) is 0 Å². The molecule has 0 saturated heterocycles. The van der Waals surface area contributed by atoms with Gasteiger partial charge in [-0.2, -0.15) is 0 Å². The molecule has 1 aromatic rings. The minimum absolute atomic E-state index is 0.862. The maximum absolute atomic E-state index is 5.36. The molecule has 1 aliphatic rings. The lowest BCUT2D eigenvalue weighted by Crippen LogP contribution is -2.03. The molecule has 0 radical (unpaired) electrons. The van der Waals surface area contributed by atoms with E-state index >= 15 is 0 Å². The molecule has 13 heavy (non-hydrogen) atoms. The van der Waals surface area contributed by atoms with Crippen LogP contribution in [0.1, 0.15) is 11.1 Å². The predicted molar refractivity (Wildman–Crippen MR) is 52.5 cm³/mol. The SMILES string of the molecule is Cc1ccccc1C1=CNC=CO1. The van der Waals surface area contributed by atoms with Crippen molar-refractivity contribution in [2.75, 3.05) is 0 Å². The van der Waals surface area contributed by atoms with E-state index in [-0.39, 0.29) is 0 Å². The van der Waals surface area contributed by atoms with E-state index in [0.29, 0.717) is 0 Å². The smallest absolute Gasteiger partial charge is 0.150 e.